The number of ketones is 3. The maximum absolute atomic E-state index is 13.7. The van der Waals surface area contributed by atoms with Gasteiger partial charge in [-0.2, -0.15) is 0 Å². The van der Waals surface area contributed by atoms with Crippen molar-refractivity contribution in [3.05, 3.63) is 69.5 Å². The number of rotatable bonds is 2. The lowest BCUT2D eigenvalue weighted by molar-refractivity contribution is -0.118. The Morgan fingerprint density at radius 2 is 1.29 bits per heavy atom. The molecule has 0 radical (unpaired) electrons. The average molecular weight is 670 g/mol. The van der Waals surface area contributed by atoms with E-state index in [0.717, 1.165) is 6.08 Å². The lowest BCUT2D eigenvalue weighted by atomic mass is 9.77. The molecule has 0 spiro atoms. The van der Waals surface area contributed by atoms with Crippen LogP contribution in [0.3, 0.4) is 0 Å². The maximum Gasteiger partial charge on any atom is 0.254 e. The van der Waals surface area contributed by atoms with Gasteiger partial charge in [0.2, 0.25) is 5.78 Å². The Morgan fingerprint density at radius 1 is 0.771 bits per heavy atom. The highest BCUT2D eigenvalue weighted by Crippen LogP contribution is 2.41. The quantitative estimate of drug-likeness (QED) is 0.207. The number of aliphatic hydroxyl groups is 5. The van der Waals surface area contributed by atoms with E-state index in [2.05, 4.69) is 5.32 Å². The summed E-state index contributed by atoms with van der Waals surface area (Å²) in [6.45, 7) is 7.78. The van der Waals surface area contributed by atoms with E-state index in [4.69, 9.17) is 0 Å². The van der Waals surface area contributed by atoms with E-state index in [1.807, 2.05) is 0 Å². The predicted molar refractivity (Wildman–Crippen MR) is 172 cm³/mol. The molecule has 1 aliphatic carbocycles. The second-order valence-corrected chi connectivity index (χ2v) is 12.7. The van der Waals surface area contributed by atoms with Gasteiger partial charge >= 0.3 is 0 Å². The van der Waals surface area contributed by atoms with Gasteiger partial charge in [0.15, 0.2) is 11.6 Å². The van der Waals surface area contributed by atoms with Gasteiger partial charge in [0.05, 0.1) is 59.3 Å². The molecule has 1 aromatic carbocycles. The van der Waals surface area contributed by atoms with Crippen LogP contribution in [0.1, 0.15) is 71.3 Å². The first-order valence-corrected chi connectivity index (χ1v) is 15.5. The lowest BCUT2D eigenvalue weighted by Crippen LogP contribution is -2.46. The fourth-order valence-electron chi connectivity index (χ4n) is 6.07. The van der Waals surface area contributed by atoms with E-state index in [-0.39, 0.29) is 16.7 Å². The van der Waals surface area contributed by atoms with Gasteiger partial charge < -0.3 is 45.9 Å². The van der Waals surface area contributed by atoms with Crippen molar-refractivity contribution in [2.24, 2.45) is 29.6 Å². The summed E-state index contributed by atoms with van der Waals surface area (Å²) in [6.07, 6.45) is 0.806. The summed E-state index contributed by atoms with van der Waals surface area (Å²) in [6, 6.07) is 0. The van der Waals surface area contributed by atoms with Gasteiger partial charge in [0.25, 0.3) is 5.91 Å². The zero-order valence-corrected chi connectivity index (χ0v) is 27.5. The molecule has 0 fully saturated rings. The molecule has 1 amide bonds. The number of hydrogen-bond donors (Lipinski definition) is 8. The van der Waals surface area contributed by atoms with Gasteiger partial charge in [-0.1, -0.05) is 52.0 Å². The number of carbonyl (C=O) groups is 5. The molecular formula is C35H43NO12. The molecule has 2 aliphatic heterocycles. The van der Waals surface area contributed by atoms with Crippen LogP contribution in [0, 0.1) is 36.5 Å². The second-order valence-electron chi connectivity index (χ2n) is 12.7. The van der Waals surface area contributed by atoms with Crippen LogP contribution in [0.2, 0.25) is 0 Å². The third-order valence-electron chi connectivity index (χ3n) is 9.45. The number of aliphatic hydroxyl groups excluding tert-OH is 5. The highest BCUT2D eigenvalue weighted by molar-refractivity contribution is 6.31. The molecule has 0 unspecified atom stereocenters. The van der Waals surface area contributed by atoms with Crippen LogP contribution >= 0.6 is 0 Å². The van der Waals surface area contributed by atoms with Crippen molar-refractivity contribution in [3.8, 4) is 11.5 Å². The molecule has 260 valence electrons. The molecule has 9 atom stereocenters. The van der Waals surface area contributed by atoms with Gasteiger partial charge in [0, 0.05) is 40.9 Å². The number of nitrogens with one attached hydrogen (secondary N) is 1. The maximum atomic E-state index is 13.7. The van der Waals surface area contributed by atoms with Gasteiger partial charge in [-0.05, 0) is 19.4 Å². The van der Waals surface area contributed by atoms with Crippen LogP contribution in [-0.2, 0) is 9.59 Å². The van der Waals surface area contributed by atoms with Crippen LogP contribution in [0.5, 0.6) is 11.5 Å². The first kappa shape index (κ1) is 38.2. The molecule has 13 heteroatoms. The molecule has 0 saturated carbocycles. The topological polar surface area (TPSA) is 239 Å². The van der Waals surface area contributed by atoms with Crippen LogP contribution in [0.25, 0.3) is 0 Å². The molecule has 13 nitrogen and oxygen atoms in total. The molecular weight excluding hydrogens is 626 g/mol. The van der Waals surface area contributed by atoms with Crippen LogP contribution in [0.4, 0.5) is 0 Å². The van der Waals surface area contributed by atoms with E-state index in [9.17, 15) is 59.7 Å². The number of Topliss-reactive ketones (excluding diaryl/α,β-unsaturated/α-hetero) is 2. The Bertz CT molecular complexity index is 1620. The van der Waals surface area contributed by atoms with Gasteiger partial charge in [-0.25, -0.2) is 0 Å². The summed E-state index contributed by atoms with van der Waals surface area (Å²) in [5, 5.41) is 78.1. The van der Waals surface area contributed by atoms with Crippen molar-refractivity contribution < 1.29 is 59.7 Å². The van der Waals surface area contributed by atoms with E-state index >= 15 is 0 Å². The molecule has 4 bridgehead atoms. The van der Waals surface area contributed by atoms with Crippen LogP contribution in [0.15, 0.2) is 47.2 Å². The molecule has 3 aliphatic rings. The fraction of sp³-hybridized carbons (Fsp3) is 0.457. The first-order chi connectivity index (χ1) is 22.4. The normalized spacial score (nSPS) is 34.0. The Hall–Kier alpha value is -4.27. The summed E-state index contributed by atoms with van der Waals surface area (Å²) < 4.78 is 0. The average Bonchev–Trinajstić information content (AvgIpc) is 3.06. The molecule has 48 heavy (non-hydrogen) atoms. The minimum Gasteiger partial charge on any atom is -0.507 e. The number of phenols is 2. The summed E-state index contributed by atoms with van der Waals surface area (Å²) >= 11 is 0. The highest BCUT2D eigenvalue weighted by atomic mass is 16.3. The van der Waals surface area contributed by atoms with Gasteiger partial charge in [0.1, 0.15) is 17.8 Å². The van der Waals surface area contributed by atoms with Crippen molar-refractivity contribution in [1.29, 1.82) is 0 Å². The third-order valence-corrected chi connectivity index (χ3v) is 9.45. The monoisotopic (exact) mass is 669 g/mol. The summed E-state index contributed by atoms with van der Waals surface area (Å²) in [5.41, 5.74) is -3.35. The number of amides is 1. The number of aldehydes is 1. The van der Waals surface area contributed by atoms with E-state index in [1.165, 1.54) is 45.9 Å². The van der Waals surface area contributed by atoms with Crippen molar-refractivity contribution in [1.82, 2.24) is 5.32 Å². The number of aromatic hydroxyl groups is 2. The number of phenolic OH excluding ortho intramolecular Hbond substituents is 2. The highest BCUT2D eigenvalue weighted by Gasteiger charge is 2.40. The minimum absolute atomic E-state index is 0.235. The summed E-state index contributed by atoms with van der Waals surface area (Å²) in [4.78, 5) is 65.8. The van der Waals surface area contributed by atoms with Crippen LogP contribution in [-0.4, -0.2) is 96.3 Å². The largest absolute Gasteiger partial charge is 0.507 e. The van der Waals surface area contributed by atoms with Crippen molar-refractivity contribution in [3.63, 3.8) is 0 Å². The number of allylic oxidation sites excluding steroid dienone is 5. The van der Waals surface area contributed by atoms with Crippen molar-refractivity contribution >= 4 is 29.5 Å². The zero-order chi connectivity index (χ0) is 36.4. The lowest BCUT2D eigenvalue weighted by Gasteiger charge is -2.36. The minimum atomic E-state index is -1.58. The molecule has 0 aromatic heterocycles. The number of benzene rings is 1. The Balaban J connectivity index is 2.25. The van der Waals surface area contributed by atoms with Crippen LogP contribution < -0.4 is 5.32 Å². The number of fused-ring (bicyclic) bond motifs is 15. The predicted octanol–water partition coefficient (Wildman–Crippen LogP) is 1.21. The van der Waals surface area contributed by atoms with E-state index < -0.39 is 118 Å². The van der Waals surface area contributed by atoms with E-state index in [0.29, 0.717) is 12.4 Å². The SMILES string of the molecule is C/C1=C/[C@@H](C=O)[C@H](O)[C@H](C)[C@@H](O)[C@@H](C)[C@@H](O)[C@H](C)[C@@H](O)[C@@H](C)/C=C/C=C(/CO)C(=O)NC2=CC(=O)c3c(c(O)c(C)c(O)c3C1=O)C2=O. The zero-order valence-electron chi connectivity index (χ0n) is 27.5. The second kappa shape index (κ2) is 15.3. The molecule has 8 N–H and O–H groups in total. The van der Waals surface area contributed by atoms with E-state index in [1.54, 1.807) is 13.8 Å². The smallest absolute Gasteiger partial charge is 0.254 e. The molecule has 0 saturated heterocycles. The first-order valence-electron chi connectivity index (χ1n) is 15.5. The number of carbonyl (C=O) groups excluding carboxylic acids is 5. The third kappa shape index (κ3) is 7.25. The number of hydrogen-bond acceptors (Lipinski definition) is 12. The Kier molecular flexibility index (Phi) is 12.2. The molecule has 1 aromatic rings. The molecule has 4 rings (SSSR count). The van der Waals surface area contributed by atoms with Gasteiger partial charge in [-0.15, -0.1) is 0 Å². The van der Waals surface area contributed by atoms with Crippen molar-refractivity contribution in [2.75, 3.05) is 6.61 Å². The fourth-order valence-corrected chi connectivity index (χ4v) is 6.07. The molecule has 2 heterocycles. The summed E-state index contributed by atoms with van der Waals surface area (Å²) in [7, 11) is 0. The summed E-state index contributed by atoms with van der Waals surface area (Å²) in [5.74, 6) is -10.5. The van der Waals surface area contributed by atoms with Crippen molar-refractivity contribution in [2.45, 2.75) is 66.0 Å². The standard InChI is InChI=1S/C35H43NO12/c1-14-8-7-9-20(12-37)35(48)36-22-11-23(39)24-25(32(45)19(6)33(46)26(24)34(22)47)28(41)15(2)10-21(13-38)31(44)18(5)30(43)17(4)29(42)16(3)27(14)40/h7-11,13-14,16-18,21,27,29-31,37,40,42-46H,12H2,1-6H3,(H,36,48)/b8-7+,15-10-,20-9-/t14-,16+,17-,18+,21-,27-,29-,30-,31+/m0/s1. The Morgan fingerprint density at radius 3 is 1.83 bits per heavy atom. The Labute approximate surface area is 277 Å². The van der Waals surface area contributed by atoms with Gasteiger partial charge in [-0.3, -0.25) is 19.2 Å².